The van der Waals surface area contributed by atoms with Crippen LogP contribution in [0.15, 0.2) is 30.3 Å². The summed E-state index contributed by atoms with van der Waals surface area (Å²) < 4.78 is 0. The van der Waals surface area contributed by atoms with Crippen LogP contribution in [-0.2, 0) is 0 Å². The number of hydrogen-bond acceptors (Lipinski definition) is 1. The summed E-state index contributed by atoms with van der Waals surface area (Å²) in [6.07, 6.45) is 0. The summed E-state index contributed by atoms with van der Waals surface area (Å²) in [6, 6.07) is 10.6. The van der Waals surface area contributed by atoms with E-state index in [4.69, 9.17) is 0 Å². The van der Waals surface area contributed by atoms with Gasteiger partial charge in [0.05, 0.1) is 0 Å². The second kappa shape index (κ2) is 3.97. The van der Waals surface area contributed by atoms with E-state index in [0.29, 0.717) is 0 Å². The molecule has 0 atom stereocenters. The van der Waals surface area contributed by atoms with Gasteiger partial charge in [-0.05, 0) is 41.5 Å². The van der Waals surface area contributed by atoms with Crippen molar-refractivity contribution in [2.24, 2.45) is 0 Å². The highest BCUT2D eigenvalue weighted by atomic mass is 15.2. The lowest BCUT2D eigenvalue weighted by Gasteiger charge is -2.34. The van der Waals surface area contributed by atoms with Crippen molar-refractivity contribution in [3.63, 3.8) is 0 Å². The molecule has 0 aromatic heterocycles. The van der Waals surface area contributed by atoms with Gasteiger partial charge in [0, 0.05) is 12.1 Å². The Hall–Kier alpha value is -0.820. The highest BCUT2D eigenvalue weighted by Crippen LogP contribution is 2.30. The molecule has 1 radical (unpaired) electrons. The Bertz CT molecular complexity index is 286. The highest BCUT2D eigenvalue weighted by Gasteiger charge is 2.43. The third-order valence-electron chi connectivity index (χ3n) is 2.36. The zero-order valence-corrected chi connectivity index (χ0v) is 10.8. The Balaban J connectivity index is 3.15. The molecule has 0 saturated heterocycles. The lowest BCUT2D eigenvalue weighted by atomic mass is 9.95. The second-order valence-corrected chi connectivity index (χ2v) is 6.01. The summed E-state index contributed by atoms with van der Waals surface area (Å²) in [5.41, 5.74) is 1.57. The smallest absolute Gasteiger partial charge is 0.125 e. The summed E-state index contributed by atoms with van der Waals surface area (Å²) in [5.74, 6) is 0. The first-order valence-corrected chi connectivity index (χ1v) is 5.58. The fraction of sp³-hybridized carbons (Fsp3) is 0.571. The van der Waals surface area contributed by atoms with Gasteiger partial charge in [0.1, 0.15) is 11.1 Å². The van der Waals surface area contributed by atoms with Crippen LogP contribution in [0.25, 0.3) is 0 Å². The second-order valence-electron chi connectivity index (χ2n) is 6.01. The molecule has 0 unspecified atom stereocenters. The molecule has 1 rings (SSSR count). The average molecular weight is 205 g/mol. The average Bonchev–Trinajstić information content (AvgIpc) is 2.00. The molecule has 0 aliphatic carbocycles. The van der Waals surface area contributed by atoms with E-state index in [1.54, 1.807) is 0 Å². The fourth-order valence-electron chi connectivity index (χ4n) is 2.36. The largest absolute Gasteiger partial charge is 0.181 e. The van der Waals surface area contributed by atoms with Gasteiger partial charge in [0.15, 0.2) is 5.69 Å². The van der Waals surface area contributed by atoms with Gasteiger partial charge in [0.25, 0.3) is 0 Å². The molecule has 1 aromatic rings. The van der Waals surface area contributed by atoms with E-state index in [1.807, 2.05) is 0 Å². The minimum Gasteiger partial charge on any atom is -0.125 e. The molecule has 1 nitrogen and oxygen atoms in total. The van der Waals surface area contributed by atoms with Crippen LogP contribution in [0.5, 0.6) is 0 Å². The van der Waals surface area contributed by atoms with Crippen molar-refractivity contribution in [1.29, 1.82) is 0 Å². The normalized spacial score (nSPS) is 13.3. The predicted octanol–water partition coefficient (Wildman–Crippen LogP) is 4.06. The van der Waals surface area contributed by atoms with Gasteiger partial charge in [0.2, 0.25) is 0 Å². The quantitative estimate of drug-likeness (QED) is 0.610. The molecule has 0 aliphatic heterocycles. The summed E-state index contributed by atoms with van der Waals surface area (Å²) in [7, 11) is 0. The van der Waals surface area contributed by atoms with E-state index in [0.717, 1.165) is 0 Å². The monoisotopic (exact) mass is 205 g/mol. The zero-order valence-electron chi connectivity index (χ0n) is 10.8. The molecule has 0 fully saturated rings. The van der Waals surface area contributed by atoms with Crippen LogP contribution in [0.4, 0.5) is 5.69 Å². The van der Waals surface area contributed by atoms with E-state index < -0.39 is 0 Å². The van der Waals surface area contributed by atoms with Gasteiger partial charge < -0.3 is 0 Å². The standard InChI is InChI=1S/C14H23N/c1-13(2,3)15(14(4,5)6)12-10-8-7-9-11-12/h7-11H,1-6H3/q+1. The Kier molecular flexibility index (Phi) is 3.25. The summed E-state index contributed by atoms with van der Waals surface area (Å²) in [6.45, 7) is 13.5. The lowest BCUT2D eigenvalue weighted by molar-refractivity contribution is 0.206. The molecule has 15 heavy (non-hydrogen) atoms. The van der Waals surface area contributed by atoms with Gasteiger partial charge in [-0.3, -0.25) is 0 Å². The van der Waals surface area contributed by atoms with Crippen LogP contribution in [0.1, 0.15) is 41.5 Å². The SMILES string of the molecule is CC(C)(C)[N+](c1ccccc1)C(C)(C)C. The van der Waals surface area contributed by atoms with Crippen molar-refractivity contribution < 1.29 is 0 Å². The van der Waals surface area contributed by atoms with Crippen molar-refractivity contribution in [2.75, 3.05) is 0 Å². The first kappa shape index (κ1) is 12.3. The summed E-state index contributed by atoms with van der Waals surface area (Å²) in [5, 5.41) is 0. The van der Waals surface area contributed by atoms with Crippen LogP contribution >= 0.6 is 0 Å². The maximum atomic E-state index is 2.46. The molecular weight excluding hydrogens is 182 g/mol. The predicted molar refractivity (Wildman–Crippen MR) is 67.7 cm³/mol. The molecular formula is C14H23N+. The highest BCUT2D eigenvalue weighted by molar-refractivity contribution is 5.41. The number of nitrogens with zero attached hydrogens (tertiary/aromatic N) is 1. The molecule has 0 aliphatic rings. The molecule has 0 heterocycles. The zero-order chi connectivity index (χ0) is 11.7. The van der Waals surface area contributed by atoms with Gasteiger partial charge >= 0.3 is 0 Å². The number of benzene rings is 1. The Morgan fingerprint density at radius 2 is 1.13 bits per heavy atom. The molecule has 0 spiro atoms. The van der Waals surface area contributed by atoms with E-state index >= 15 is 0 Å². The summed E-state index contributed by atoms with van der Waals surface area (Å²) in [4.78, 5) is 2.46. The number of hydrogen-bond donors (Lipinski definition) is 0. The van der Waals surface area contributed by atoms with E-state index in [2.05, 4.69) is 76.8 Å². The fourth-order valence-corrected chi connectivity index (χ4v) is 2.36. The first-order valence-electron chi connectivity index (χ1n) is 5.58. The third-order valence-corrected chi connectivity index (χ3v) is 2.36. The van der Waals surface area contributed by atoms with Gasteiger partial charge in [-0.1, -0.05) is 18.2 Å². The third kappa shape index (κ3) is 3.07. The summed E-state index contributed by atoms with van der Waals surface area (Å²) >= 11 is 0. The molecule has 0 saturated carbocycles. The van der Waals surface area contributed by atoms with Crippen LogP contribution in [0.3, 0.4) is 0 Å². The topological polar surface area (TPSA) is 5.90 Å². The molecule has 1 heteroatoms. The van der Waals surface area contributed by atoms with Gasteiger partial charge in [-0.25, -0.2) is 0 Å². The molecule has 0 amide bonds. The van der Waals surface area contributed by atoms with Gasteiger partial charge in [-0.15, -0.1) is 4.90 Å². The number of para-hydroxylation sites is 1. The lowest BCUT2D eigenvalue weighted by Crippen LogP contribution is -2.54. The Labute approximate surface area is 94.1 Å². The van der Waals surface area contributed by atoms with Crippen molar-refractivity contribution in [3.8, 4) is 0 Å². The van der Waals surface area contributed by atoms with Crippen molar-refractivity contribution in [2.45, 2.75) is 52.6 Å². The van der Waals surface area contributed by atoms with Crippen molar-refractivity contribution in [3.05, 3.63) is 30.3 Å². The van der Waals surface area contributed by atoms with Crippen LogP contribution in [0.2, 0.25) is 0 Å². The van der Waals surface area contributed by atoms with E-state index in [9.17, 15) is 0 Å². The van der Waals surface area contributed by atoms with Crippen molar-refractivity contribution >= 4 is 5.69 Å². The maximum absolute atomic E-state index is 2.46. The van der Waals surface area contributed by atoms with Crippen molar-refractivity contribution in [1.82, 2.24) is 4.90 Å². The molecule has 83 valence electrons. The number of rotatable bonds is 1. The van der Waals surface area contributed by atoms with Crippen LogP contribution < -0.4 is 4.90 Å². The number of anilines is 1. The van der Waals surface area contributed by atoms with E-state index in [-0.39, 0.29) is 11.1 Å². The Morgan fingerprint density at radius 1 is 0.733 bits per heavy atom. The van der Waals surface area contributed by atoms with Gasteiger partial charge in [-0.2, -0.15) is 0 Å². The first-order chi connectivity index (χ1) is 6.73. The minimum atomic E-state index is 0.138. The van der Waals surface area contributed by atoms with Crippen LogP contribution in [-0.4, -0.2) is 11.1 Å². The minimum absolute atomic E-state index is 0.138. The molecule has 0 N–H and O–H groups in total. The Morgan fingerprint density at radius 3 is 1.47 bits per heavy atom. The van der Waals surface area contributed by atoms with E-state index in [1.165, 1.54) is 5.69 Å². The maximum Gasteiger partial charge on any atom is 0.181 e. The molecule has 1 aromatic carbocycles. The van der Waals surface area contributed by atoms with Crippen LogP contribution in [0, 0.1) is 0 Å². The molecule has 0 bridgehead atoms.